The molecule has 6 aliphatic rings. The third-order valence-corrected chi connectivity index (χ3v) is 12.1. The lowest BCUT2D eigenvalue weighted by Crippen LogP contribution is -2.57. The molecule has 4 saturated carbocycles. The van der Waals surface area contributed by atoms with Crippen LogP contribution in [0.1, 0.15) is 91.9 Å². The molecule has 0 aromatic carbocycles. The van der Waals surface area contributed by atoms with Crippen LogP contribution in [-0.4, -0.2) is 29.6 Å². The summed E-state index contributed by atoms with van der Waals surface area (Å²) < 4.78 is 7.01. The zero-order chi connectivity index (χ0) is 20.9. The molecule has 0 aromatic heterocycles. The summed E-state index contributed by atoms with van der Waals surface area (Å²) in [5, 5.41) is 14.2. The molecular weight excluding hydrogens is 370 g/mol. The third kappa shape index (κ3) is 2.61. The lowest BCUT2D eigenvalue weighted by molar-refractivity contribution is -0.140. The normalized spacial score (nSPS) is 62.5. The van der Waals surface area contributed by atoms with Crippen LogP contribution in [0.2, 0.25) is 0 Å². The van der Waals surface area contributed by atoms with E-state index in [2.05, 4.69) is 33.0 Å². The molecule has 2 heterocycles. The highest BCUT2D eigenvalue weighted by Crippen LogP contribution is 2.71. The van der Waals surface area contributed by atoms with Crippen molar-refractivity contribution in [1.82, 2.24) is 5.32 Å². The Hall–Kier alpha value is -0.120. The highest BCUT2D eigenvalue weighted by molar-refractivity contribution is 5.16. The third-order valence-electron chi connectivity index (χ3n) is 12.1. The summed E-state index contributed by atoms with van der Waals surface area (Å²) in [6.45, 7) is 11.3. The van der Waals surface area contributed by atoms with Crippen molar-refractivity contribution in [3.05, 3.63) is 0 Å². The number of aliphatic hydroxyl groups is 1. The molecule has 30 heavy (non-hydrogen) atoms. The number of ether oxygens (including phenoxy) is 1. The quantitative estimate of drug-likeness (QED) is 0.559. The van der Waals surface area contributed by atoms with Crippen molar-refractivity contribution in [3.63, 3.8) is 0 Å². The van der Waals surface area contributed by atoms with Crippen LogP contribution in [0.15, 0.2) is 0 Å². The van der Waals surface area contributed by atoms with Gasteiger partial charge in [0, 0.05) is 12.5 Å². The summed E-state index contributed by atoms with van der Waals surface area (Å²) in [6, 6.07) is 0. The number of aliphatic hydroxyl groups excluding tert-OH is 1. The van der Waals surface area contributed by atoms with Crippen LogP contribution in [0.4, 0.5) is 0 Å². The van der Waals surface area contributed by atoms with Crippen molar-refractivity contribution in [2.75, 3.05) is 6.54 Å². The van der Waals surface area contributed by atoms with Gasteiger partial charge in [0.2, 0.25) is 0 Å². The average Bonchev–Trinajstić information content (AvgIpc) is 3.16. The second kappa shape index (κ2) is 6.70. The van der Waals surface area contributed by atoms with Crippen molar-refractivity contribution >= 4 is 0 Å². The van der Waals surface area contributed by atoms with Gasteiger partial charge in [-0.15, -0.1) is 0 Å². The minimum atomic E-state index is -0.0320. The van der Waals surface area contributed by atoms with Gasteiger partial charge in [-0.1, -0.05) is 27.7 Å². The van der Waals surface area contributed by atoms with Gasteiger partial charge in [0.1, 0.15) is 5.72 Å². The Morgan fingerprint density at radius 3 is 2.43 bits per heavy atom. The van der Waals surface area contributed by atoms with Crippen LogP contribution >= 0.6 is 0 Å². The van der Waals surface area contributed by atoms with E-state index < -0.39 is 0 Å². The number of hydrogen-bond acceptors (Lipinski definition) is 3. The van der Waals surface area contributed by atoms with Crippen LogP contribution in [0.5, 0.6) is 0 Å². The Morgan fingerprint density at radius 1 is 0.867 bits per heavy atom. The first-order valence-corrected chi connectivity index (χ1v) is 13.4. The summed E-state index contributed by atoms with van der Waals surface area (Å²) in [5.74, 6) is 5.57. The first-order valence-electron chi connectivity index (χ1n) is 13.4. The van der Waals surface area contributed by atoms with Gasteiger partial charge in [0.15, 0.2) is 0 Å². The summed E-state index contributed by atoms with van der Waals surface area (Å²) in [7, 11) is 0. The van der Waals surface area contributed by atoms with Crippen molar-refractivity contribution in [2.45, 2.75) is 110 Å². The van der Waals surface area contributed by atoms with Crippen molar-refractivity contribution in [1.29, 1.82) is 0 Å². The minimum Gasteiger partial charge on any atom is -0.393 e. The van der Waals surface area contributed by atoms with Gasteiger partial charge in [0.25, 0.3) is 0 Å². The van der Waals surface area contributed by atoms with E-state index in [0.29, 0.717) is 22.9 Å². The van der Waals surface area contributed by atoms with Gasteiger partial charge in [-0.05, 0) is 111 Å². The molecule has 0 radical (unpaired) electrons. The molecule has 3 nitrogen and oxygen atoms in total. The van der Waals surface area contributed by atoms with Crippen LogP contribution in [0.25, 0.3) is 0 Å². The fourth-order valence-electron chi connectivity index (χ4n) is 10.4. The summed E-state index contributed by atoms with van der Waals surface area (Å²) in [4.78, 5) is 0. The molecule has 6 rings (SSSR count). The van der Waals surface area contributed by atoms with Crippen LogP contribution in [-0.2, 0) is 4.74 Å². The molecule has 0 amide bonds. The molecule has 170 valence electrons. The highest BCUT2D eigenvalue weighted by Gasteiger charge is 2.68. The Labute approximate surface area is 184 Å². The lowest BCUT2D eigenvalue weighted by atomic mass is 9.44. The van der Waals surface area contributed by atoms with E-state index in [4.69, 9.17) is 4.74 Å². The molecule has 0 bridgehead atoms. The average molecular weight is 416 g/mol. The lowest BCUT2D eigenvalue weighted by Gasteiger charge is -2.61. The van der Waals surface area contributed by atoms with Crippen molar-refractivity contribution < 1.29 is 9.84 Å². The first kappa shape index (κ1) is 20.5. The predicted molar refractivity (Wildman–Crippen MR) is 120 cm³/mol. The Bertz CT molecular complexity index is 686. The van der Waals surface area contributed by atoms with E-state index in [-0.39, 0.29) is 11.8 Å². The van der Waals surface area contributed by atoms with E-state index in [1.165, 1.54) is 51.4 Å². The summed E-state index contributed by atoms with van der Waals surface area (Å²) in [5.41, 5.74) is 0.919. The Kier molecular flexibility index (Phi) is 4.58. The maximum Gasteiger partial charge on any atom is 0.122 e. The zero-order valence-corrected chi connectivity index (χ0v) is 19.8. The largest absolute Gasteiger partial charge is 0.393 e. The molecule has 2 N–H and O–H groups in total. The first-order chi connectivity index (χ1) is 14.3. The van der Waals surface area contributed by atoms with E-state index in [1.807, 2.05) is 0 Å². The standard InChI is InChI=1S/C27H45NO2/c1-16-7-12-27(28-15-16)17(2)24-23(30-27)14-22-20-6-5-18-13-19(29)8-10-25(18,3)21(20)9-11-26(22,24)4/h16-24,28-29H,5-15H2,1-4H3/t16-,17?,18+,19+,20-,21+,22+,23+,24?,25+,26-,27-/m1/s1. The Balaban J connectivity index is 1.26. The monoisotopic (exact) mass is 415 g/mol. The molecule has 12 atom stereocenters. The summed E-state index contributed by atoms with van der Waals surface area (Å²) >= 11 is 0. The highest BCUT2D eigenvalue weighted by atomic mass is 16.5. The van der Waals surface area contributed by atoms with Crippen LogP contribution < -0.4 is 5.32 Å². The van der Waals surface area contributed by atoms with Gasteiger partial charge in [0.05, 0.1) is 12.2 Å². The maximum absolute atomic E-state index is 10.3. The van der Waals surface area contributed by atoms with E-state index in [9.17, 15) is 5.11 Å². The van der Waals surface area contributed by atoms with Gasteiger partial charge in [-0.2, -0.15) is 0 Å². The second-order valence-corrected chi connectivity index (χ2v) is 13.3. The molecule has 2 unspecified atom stereocenters. The molecular formula is C27H45NO2. The maximum atomic E-state index is 10.3. The smallest absolute Gasteiger partial charge is 0.122 e. The van der Waals surface area contributed by atoms with E-state index in [0.717, 1.165) is 54.9 Å². The van der Waals surface area contributed by atoms with E-state index in [1.54, 1.807) is 0 Å². The number of hydrogen-bond donors (Lipinski definition) is 2. The molecule has 6 fully saturated rings. The fourth-order valence-corrected chi connectivity index (χ4v) is 10.4. The fraction of sp³-hybridized carbons (Fsp3) is 1.00. The minimum absolute atomic E-state index is 0.0319. The topological polar surface area (TPSA) is 41.5 Å². The SMILES string of the molecule is CC1C2[C@H](C[C@H]3[C@@H]4CC[C@H]5C[C@@H](O)CC[C@]5(C)[C@H]4CC[C@@]23C)O[C@]12CC[C@@H](C)CN2. The van der Waals surface area contributed by atoms with Gasteiger partial charge < -0.3 is 9.84 Å². The molecule has 0 aromatic rings. The van der Waals surface area contributed by atoms with Gasteiger partial charge in [-0.3, -0.25) is 5.32 Å². The molecule has 2 saturated heterocycles. The number of rotatable bonds is 0. The molecule has 4 aliphatic carbocycles. The van der Waals surface area contributed by atoms with Gasteiger partial charge in [-0.25, -0.2) is 0 Å². The zero-order valence-electron chi connectivity index (χ0n) is 19.8. The van der Waals surface area contributed by atoms with Crippen molar-refractivity contribution in [2.24, 2.45) is 52.3 Å². The number of nitrogens with one attached hydrogen (secondary N) is 1. The summed E-state index contributed by atoms with van der Waals surface area (Å²) in [6.07, 6.45) is 13.2. The number of piperidine rings is 1. The van der Waals surface area contributed by atoms with E-state index >= 15 is 0 Å². The van der Waals surface area contributed by atoms with Gasteiger partial charge >= 0.3 is 0 Å². The molecule has 3 heteroatoms. The Morgan fingerprint density at radius 2 is 1.67 bits per heavy atom. The second-order valence-electron chi connectivity index (χ2n) is 13.3. The van der Waals surface area contributed by atoms with Crippen LogP contribution in [0, 0.1) is 52.3 Å². The number of fused-ring (bicyclic) bond motifs is 7. The molecule has 2 aliphatic heterocycles. The van der Waals surface area contributed by atoms with Crippen LogP contribution in [0.3, 0.4) is 0 Å². The van der Waals surface area contributed by atoms with Crippen molar-refractivity contribution in [3.8, 4) is 0 Å². The predicted octanol–water partition coefficient (Wildman–Crippen LogP) is 5.37. The molecule has 1 spiro atoms.